The second-order valence-corrected chi connectivity index (χ2v) is 3.65. The van der Waals surface area contributed by atoms with Crippen molar-refractivity contribution in [3.63, 3.8) is 0 Å². The quantitative estimate of drug-likeness (QED) is 0.794. The molecule has 0 aromatic heterocycles. The Morgan fingerprint density at radius 2 is 2.18 bits per heavy atom. The summed E-state index contributed by atoms with van der Waals surface area (Å²) in [5, 5.41) is 0. The van der Waals surface area contributed by atoms with E-state index in [0.717, 1.165) is 6.42 Å². The molecule has 0 spiro atoms. The Morgan fingerprint density at radius 3 is 2.88 bits per heavy atom. The van der Waals surface area contributed by atoms with E-state index in [1.54, 1.807) is 12.1 Å². The van der Waals surface area contributed by atoms with Crippen molar-refractivity contribution in [1.29, 1.82) is 0 Å². The van der Waals surface area contributed by atoms with Crippen LogP contribution in [0.2, 0.25) is 0 Å². The highest BCUT2D eigenvalue weighted by Crippen LogP contribution is 2.41. The molecule has 1 heterocycles. The number of hydrogen-bond acceptors (Lipinski definition) is 5. The molecule has 2 N–H and O–H groups in total. The third kappa shape index (κ3) is 2.19. The maximum absolute atomic E-state index is 11.7. The van der Waals surface area contributed by atoms with E-state index in [1.165, 1.54) is 7.11 Å². The predicted molar refractivity (Wildman–Crippen MR) is 62.0 cm³/mol. The van der Waals surface area contributed by atoms with Gasteiger partial charge in [0.1, 0.15) is 0 Å². The third-order valence-electron chi connectivity index (χ3n) is 2.56. The van der Waals surface area contributed by atoms with Crippen molar-refractivity contribution in [2.24, 2.45) is 5.73 Å². The monoisotopic (exact) mass is 237 g/mol. The van der Waals surface area contributed by atoms with E-state index in [4.69, 9.17) is 19.9 Å². The molecule has 2 rings (SSSR count). The molecule has 1 aliphatic rings. The SMILES string of the molecule is COc1c(C(=O)CN)ccc2c1OCCCO2. The van der Waals surface area contributed by atoms with Gasteiger partial charge in [-0.05, 0) is 12.1 Å². The Balaban J connectivity index is 2.50. The number of benzene rings is 1. The Bertz CT molecular complexity index is 431. The van der Waals surface area contributed by atoms with Crippen LogP contribution in [0.25, 0.3) is 0 Å². The van der Waals surface area contributed by atoms with Crippen molar-refractivity contribution >= 4 is 5.78 Å². The van der Waals surface area contributed by atoms with Gasteiger partial charge in [-0.15, -0.1) is 0 Å². The highest BCUT2D eigenvalue weighted by molar-refractivity contribution is 6.01. The van der Waals surface area contributed by atoms with Gasteiger partial charge in [-0.25, -0.2) is 0 Å². The minimum atomic E-state index is -0.183. The van der Waals surface area contributed by atoms with Crippen LogP contribution in [0.1, 0.15) is 16.8 Å². The zero-order valence-corrected chi connectivity index (χ0v) is 9.69. The van der Waals surface area contributed by atoms with Gasteiger partial charge in [-0.2, -0.15) is 0 Å². The minimum absolute atomic E-state index is 0.0595. The van der Waals surface area contributed by atoms with Gasteiger partial charge in [0.2, 0.25) is 5.75 Å². The lowest BCUT2D eigenvalue weighted by molar-refractivity contribution is 0.0997. The van der Waals surface area contributed by atoms with Gasteiger partial charge in [-0.1, -0.05) is 0 Å². The number of ketones is 1. The number of Topliss-reactive ketones (excluding diaryl/α,β-unsaturated/α-hetero) is 1. The zero-order valence-electron chi connectivity index (χ0n) is 9.69. The summed E-state index contributed by atoms with van der Waals surface area (Å²) >= 11 is 0. The summed E-state index contributed by atoms with van der Waals surface area (Å²) in [6, 6.07) is 3.37. The van der Waals surface area contributed by atoms with E-state index in [1.807, 2.05) is 0 Å². The van der Waals surface area contributed by atoms with Gasteiger partial charge in [0.25, 0.3) is 0 Å². The lowest BCUT2D eigenvalue weighted by atomic mass is 10.1. The molecular formula is C12H15NO4. The standard InChI is InChI=1S/C12H15NO4/c1-15-11-8(9(14)7-13)3-4-10-12(11)17-6-2-5-16-10/h3-4H,2,5-7,13H2,1H3. The van der Waals surface area contributed by atoms with Gasteiger partial charge in [0.05, 0.1) is 32.4 Å². The molecule has 0 fully saturated rings. The van der Waals surface area contributed by atoms with Crippen LogP contribution in [0.3, 0.4) is 0 Å². The first-order valence-corrected chi connectivity index (χ1v) is 5.47. The summed E-state index contributed by atoms with van der Waals surface area (Å²) in [5.41, 5.74) is 5.79. The van der Waals surface area contributed by atoms with Crippen LogP contribution in [0.5, 0.6) is 17.2 Å². The average molecular weight is 237 g/mol. The van der Waals surface area contributed by atoms with Gasteiger partial charge < -0.3 is 19.9 Å². The first kappa shape index (κ1) is 11.7. The summed E-state index contributed by atoms with van der Waals surface area (Å²) in [5.74, 6) is 1.31. The van der Waals surface area contributed by atoms with Crippen molar-refractivity contribution in [2.75, 3.05) is 26.9 Å². The fourth-order valence-electron chi connectivity index (χ4n) is 1.74. The van der Waals surface area contributed by atoms with Gasteiger partial charge in [0.15, 0.2) is 17.3 Å². The van der Waals surface area contributed by atoms with Crippen LogP contribution >= 0.6 is 0 Å². The Morgan fingerprint density at radius 1 is 1.41 bits per heavy atom. The largest absolute Gasteiger partial charge is 0.492 e. The molecule has 17 heavy (non-hydrogen) atoms. The molecule has 1 aromatic rings. The third-order valence-corrected chi connectivity index (χ3v) is 2.56. The molecule has 0 bridgehead atoms. The van der Waals surface area contributed by atoms with E-state index in [0.29, 0.717) is 36.0 Å². The molecule has 0 saturated heterocycles. The Labute approximate surface area is 99.5 Å². The first-order chi connectivity index (χ1) is 8.27. The number of fused-ring (bicyclic) bond motifs is 1. The number of carbonyl (C=O) groups excluding carboxylic acids is 1. The zero-order chi connectivity index (χ0) is 12.3. The lowest BCUT2D eigenvalue weighted by Crippen LogP contribution is -2.15. The highest BCUT2D eigenvalue weighted by atomic mass is 16.5. The van der Waals surface area contributed by atoms with Crippen molar-refractivity contribution < 1.29 is 19.0 Å². The number of ether oxygens (including phenoxy) is 3. The molecule has 0 aliphatic carbocycles. The predicted octanol–water partition coefficient (Wildman–Crippen LogP) is 0.998. The summed E-state index contributed by atoms with van der Waals surface area (Å²) < 4.78 is 16.3. The van der Waals surface area contributed by atoms with E-state index in [2.05, 4.69) is 0 Å². The van der Waals surface area contributed by atoms with E-state index >= 15 is 0 Å². The highest BCUT2D eigenvalue weighted by Gasteiger charge is 2.21. The van der Waals surface area contributed by atoms with Crippen LogP contribution in [0.4, 0.5) is 0 Å². The van der Waals surface area contributed by atoms with Crippen LogP contribution in [0.15, 0.2) is 12.1 Å². The molecule has 5 nitrogen and oxygen atoms in total. The van der Waals surface area contributed by atoms with Crippen LogP contribution in [-0.2, 0) is 0 Å². The van der Waals surface area contributed by atoms with Crippen molar-refractivity contribution in [3.8, 4) is 17.2 Å². The Hall–Kier alpha value is -1.75. The molecule has 0 unspecified atom stereocenters. The number of nitrogens with two attached hydrogens (primary N) is 1. The fraction of sp³-hybridized carbons (Fsp3) is 0.417. The van der Waals surface area contributed by atoms with Gasteiger partial charge in [-0.3, -0.25) is 4.79 Å². The molecule has 5 heteroatoms. The van der Waals surface area contributed by atoms with Gasteiger partial charge >= 0.3 is 0 Å². The van der Waals surface area contributed by atoms with E-state index < -0.39 is 0 Å². The molecule has 0 radical (unpaired) electrons. The summed E-state index contributed by atoms with van der Waals surface area (Å²) in [7, 11) is 1.50. The normalized spacial score (nSPS) is 14.0. The number of carbonyl (C=O) groups is 1. The topological polar surface area (TPSA) is 70.8 Å². The van der Waals surface area contributed by atoms with Crippen LogP contribution < -0.4 is 19.9 Å². The fourth-order valence-corrected chi connectivity index (χ4v) is 1.74. The second kappa shape index (κ2) is 5.05. The second-order valence-electron chi connectivity index (χ2n) is 3.65. The molecule has 0 amide bonds. The molecule has 0 atom stereocenters. The molecule has 0 saturated carbocycles. The molecule has 92 valence electrons. The van der Waals surface area contributed by atoms with Crippen LogP contribution in [-0.4, -0.2) is 32.7 Å². The maximum atomic E-state index is 11.7. The molecule has 1 aliphatic heterocycles. The summed E-state index contributed by atoms with van der Waals surface area (Å²) in [6.07, 6.45) is 0.804. The average Bonchev–Trinajstić information content (AvgIpc) is 2.61. The first-order valence-electron chi connectivity index (χ1n) is 5.47. The summed E-state index contributed by atoms with van der Waals surface area (Å²) in [6.45, 7) is 1.08. The van der Waals surface area contributed by atoms with E-state index in [9.17, 15) is 4.79 Å². The molecule has 1 aromatic carbocycles. The number of methoxy groups -OCH3 is 1. The maximum Gasteiger partial charge on any atom is 0.204 e. The number of hydrogen-bond donors (Lipinski definition) is 1. The van der Waals surface area contributed by atoms with Crippen molar-refractivity contribution in [1.82, 2.24) is 0 Å². The van der Waals surface area contributed by atoms with Crippen LogP contribution in [0, 0.1) is 0 Å². The van der Waals surface area contributed by atoms with Crippen molar-refractivity contribution in [3.05, 3.63) is 17.7 Å². The van der Waals surface area contributed by atoms with E-state index in [-0.39, 0.29) is 12.3 Å². The van der Waals surface area contributed by atoms with Crippen molar-refractivity contribution in [2.45, 2.75) is 6.42 Å². The lowest BCUT2D eigenvalue weighted by Gasteiger charge is -2.14. The smallest absolute Gasteiger partial charge is 0.204 e. The van der Waals surface area contributed by atoms with Gasteiger partial charge in [0, 0.05) is 6.42 Å². The number of rotatable bonds is 3. The Kier molecular flexibility index (Phi) is 3.49. The molecular weight excluding hydrogens is 222 g/mol. The minimum Gasteiger partial charge on any atom is -0.492 e. The summed E-state index contributed by atoms with van der Waals surface area (Å²) in [4.78, 5) is 11.7.